The first kappa shape index (κ1) is 19.2. The second kappa shape index (κ2) is 8.91. The summed E-state index contributed by atoms with van der Waals surface area (Å²) in [6.07, 6.45) is 6.20. The zero-order valence-corrected chi connectivity index (χ0v) is 17.3. The van der Waals surface area contributed by atoms with Gasteiger partial charge in [0.15, 0.2) is 5.13 Å². The van der Waals surface area contributed by atoms with Crippen LogP contribution in [-0.2, 0) is 10.2 Å². The normalized spacial score (nSPS) is 20.5. The summed E-state index contributed by atoms with van der Waals surface area (Å²) in [7, 11) is 0. The third kappa shape index (κ3) is 4.48. The highest BCUT2D eigenvalue weighted by Gasteiger charge is 2.37. The molecular weight excluding hydrogens is 378 g/mol. The van der Waals surface area contributed by atoms with Gasteiger partial charge in [0.2, 0.25) is 0 Å². The molecule has 0 unspecified atom stereocenters. The van der Waals surface area contributed by atoms with Crippen LogP contribution in [0.3, 0.4) is 0 Å². The Kier molecular flexibility index (Phi) is 6.33. The van der Waals surface area contributed by atoms with Crippen molar-refractivity contribution in [3.05, 3.63) is 45.9 Å². The van der Waals surface area contributed by atoms with Gasteiger partial charge in [-0.15, -0.1) is 11.3 Å². The smallest absolute Gasteiger partial charge is 0.182 e. The Bertz CT molecular complexity index is 721. The van der Waals surface area contributed by atoms with Crippen molar-refractivity contribution in [1.82, 2.24) is 9.88 Å². The molecule has 6 heteroatoms. The maximum Gasteiger partial charge on any atom is 0.182 e. The maximum atomic E-state index is 6.13. The van der Waals surface area contributed by atoms with E-state index in [-0.39, 0.29) is 5.41 Å². The fraction of sp³-hybridized carbons (Fsp3) is 0.571. The molecule has 0 radical (unpaired) electrons. The van der Waals surface area contributed by atoms with Crippen LogP contribution in [0.2, 0.25) is 5.02 Å². The molecule has 1 aromatic carbocycles. The van der Waals surface area contributed by atoms with Crippen LogP contribution in [0.1, 0.15) is 43.4 Å². The summed E-state index contributed by atoms with van der Waals surface area (Å²) in [4.78, 5) is 7.46. The largest absolute Gasteiger partial charge is 0.379 e. The van der Waals surface area contributed by atoms with Crippen LogP contribution in [0.25, 0.3) is 0 Å². The number of ether oxygens (including phenoxy) is 1. The average Bonchev–Trinajstić information content (AvgIpc) is 3.19. The van der Waals surface area contributed by atoms with Crippen LogP contribution >= 0.6 is 22.9 Å². The van der Waals surface area contributed by atoms with Gasteiger partial charge in [-0.25, -0.2) is 4.98 Å². The first-order chi connectivity index (χ1) is 13.3. The first-order valence-electron chi connectivity index (χ1n) is 10.0. The third-order valence-corrected chi connectivity index (χ3v) is 6.96. The first-order valence-corrected chi connectivity index (χ1v) is 11.3. The van der Waals surface area contributed by atoms with Crippen LogP contribution < -0.4 is 5.32 Å². The summed E-state index contributed by atoms with van der Waals surface area (Å²) in [5.41, 5.74) is 2.63. The highest BCUT2D eigenvalue weighted by molar-refractivity contribution is 7.13. The van der Waals surface area contributed by atoms with Crippen molar-refractivity contribution in [2.45, 2.75) is 37.5 Å². The zero-order chi connectivity index (χ0) is 18.5. The number of rotatable bonds is 6. The Morgan fingerprint density at radius 3 is 2.59 bits per heavy atom. The molecule has 4 rings (SSSR count). The summed E-state index contributed by atoms with van der Waals surface area (Å²) in [6.45, 7) is 5.74. The quantitative estimate of drug-likeness (QED) is 0.749. The van der Waals surface area contributed by atoms with Gasteiger partial charge in [0, 0.05) is 42.0 Å². The van der Waals surface area contributed by atoms with Gasteiger partial charge in [-0.05, 0) is 30.5 Å². The molecule has 1 N–H and O–H groups in total. The fourth-order valence-electron chi connectivity index (χ4n) is 4.34. The number of nitrogens with one attached hydrogen (secondary N) is 1. The minimum atomic E-state index is 0.0451. The lowest BCUT2D eigenvalue weighted by molar-refractivity contribution is 0.0398. The van der Waals surface area contributed by atoms with Gasteiger partial charge in [-0.3, -0.25) is 4.90 Å². The van der Waals surface area contributed by atoms with Crippen LogP contribution in [0.15, 0.2) is 29.6 Å². The Balaban J connectivity index is 1.46. The number of benzene rings is 1. The molecule has 146 valence electrons. The molecule has 2 aliphatic rings. The Labute approximate surface area is 170 Å². The van der Waals surface area contributed by atoms with Crippen molar-refractivity contribution in [1.29, 1.82) is 0 Å². The molecule has 4 nitrogen and oxygen atoms in total. The molecule has 0 bridgehead atoms. The monoisotopic (exact) mass is 405 g/mol. The van der Waals surface area contributed by atoms with Crippen LogP contribution in [-0.4, -0.2) is 49.3 Å². The highest BCUT2D eigenvalue weighted by Crippen LogP contribution is 2.45. The lowest BCUT2D eigenvalue weighted by Crippen LogP contribution is -2.39. The number of morpholine rings is 1. The van der Waals surface area contributed by atoms with E-state index in [1.165, 1.54) is 43.4 Å². The molecule has 0 atom stereocenters. The second-order valence-corrected chi connectivity index (χ2v) is 8.86. The predicted octanol–water partition coefficient (Wildman–Crippen LogP) is 4.79. The Hall–Kier alpha value is -1.14. The van der Waals surface area contributed by atoms with Crippen molar-refractivity contribution in [2.75, 3.05) is 44.7 Å². The molecule has 1 aromatic heterocycles. The lowest BCUT2D eigenvalue weighted by Gasteiger charge is -2.36. The van der Waals surface area contributed by atoms with Crippen molar-refractivity contribution in [2.24, 2.45) is 0 Å². The Morgan fingerprint density at radius 1 is 1.11 bits per heavy atom. The van der Waals surface area contributed by atoms with Gasteiger partial charge >= 0.3 is 0 Å². The van der Waals surface area contributed by atoms with Crippen molar-refractivity contribution in [3.63, 3.8) is 0 Å². The summed E-state index contributed by atoms with van der Waals surface area (Å²) < 4.78 is 5.41. The average molecular weight is 406 g/mol. The molecule has 0 amide bonds. The van der Waals surface area contributed by atoms with Crippen LogP contribution in [0.5, 0.6) is 0 Å². The van der Waals surface area contributed by atoms with Gasteiger partial charge in [0.1, 0.15) is 0 Å². The molecule has 27 heavy (non-hydrogen) atoms. The summed E-state index contributed by atoms with van der Waals surface area (Å²) in [5, 5.41) is 7.63. The number of halogens is 1. The highest BCUT2D eigenvalue weighted by atomic mass is 35.5. The van der Waals surface area contributed by atoms with Gasteiger partial charge in [-0.2, -0.15) is 0 Å². The van der Waals surface area contributed by atoms with E-state index in [1.807, 2.05) is 12.1 Å². The van der Waals surface area contributed by atoms with Gasteiger partial charge < -0.3 is 10.1 Å². The van der Waals surface area contributed by atoms with Crippen molar-refractivity contribution in [3.8, 4) is 0 Å². The molecule has 1 aliphatic heterocycles. The number of hydrogen-bond acceptors (Lipinski definition) is 5. The zero-order valence-electron chi connectivity index (χ0n) is 15.8. The minimum absolute atomic E-state index is 0.0451. The molecule has 1 saturated carbocycles. The number of anilines is 1. The van der Waals surface area contributed by atoms with E-state index < -0.39 is 0 Å². The standard InChI is InChI=1S/C21H28ClN3OS/c22-18-6-4-17(5-7-18)21(8-2-1-3-9-21)19-16-27-20(24-19)23-10-11-25-12-14-26-15-13-25/h4-7,16H,1-3,8-15H2,(H,23,24). The number of aromatic nitrogens is 1. The van der Waals surface area contributed by atoms with Crippen LogP contribution in [0, 0.1) is 0 Å². The van der Waals surface area contributed by atoms with E-state index in [4.69, 9.17) is 21.3 Å². The van der Waals surface area contributed by atoms with Gasteiger partial charge in [-0.1, -0.05) is 43.0 Å². The maximum absolute atomic E-state index is 6.13. The van der Waals surface area contributed by atoms with Gasteiger partial charge in [0.05, 0.1) is 18.9 Å². The summed E-state index contributed by atoms with van der Waals surface area (Å²) in [6, 6.07) is 8.42. The second-order valence-electron chi connectivity index (χ2n) is 7.57. The number of nitrogens with zero attached hydrogens (tertiary/aromatic N) is 2. The molecule has 2 fully saturated rings. The lowest BCUT2D eigenvalue weighted by atomic mass is 9.67. The number of hydrogen-bond donors (Lipinski definition) is 1. The third-order valence-electron chi connectivity index (χ3n) is 5.91. The summed E-state index contributed by atoms with van der Waals surface area (Å²) >= 11 is 7.87. The molecule has 2 heterocycles. The molecule has 0 spiro atoms. The van der Waals surface area contributed by atoms with Gasteiger partial charge in [0.25, 0.3) is 0 Å². The van der Waals surface area contributed by atoms with E-state index >= 15 is 0 Å². The van der Waals surface area contributed by atoms with E-state index in [9.17, 15) is 0 Å². The van der Waals surface area contributed by atoms with E-state index in [0.29, 0.717) is 0 Å². The van der Waals surface area contributed by atoms with E-state index in [2.05, 4.69) is 27.7 Å². The van der Waals surface area contributed by atoms with Crippen LogP contribution in [0.4, 0.5) is 5.13 Å². The van der Waals surface area contributed by atoms with Crippen molar-refractivity contribution >= 4 is 28.1 Å². The minimum Gasteiger partial charge on any atom is -0.379 e. The molecule has 2 aromatic rings. The molecular formula is C21H28ClN3OS. The Morgan fingerprint density at radius 2 is 1.85 bits per heavy atom. The SMILES string of the molecule is Clc1ccc(C2(c3csc(NCCN4CCOCC4)n3)CCCCC2)cc1. The molecule has 1 saturated heterocycles. The summed E-state index contributed by atoms with van der Waals surface area (Å²) in [5.74, 6) is 0. The fourth-order valence-corrected chi connectivity index (χ4v) is 5.30. The van der Waals surface area contributed by atoms with E-state index in [0.717, 1.165) is 49.5 Å². The van der Waals surface area contributed by atoms with Crippen molar-refractivity contribution < 1.29 is 4.74 Å². The molecule has 1 aliphatic carbocycles. The topological polar surface area (TPSA) is 37.4 Å². The van der Waals surface area contributed by atoms with E-state index in [1.54, 1.807) is 11.3 Å². The number of thiazole rings is 1. The predicted molar refractivity (Wildman–Crippen MR) is 113 cm³/mol.